The highest BCUT2D eigenvalue weighted by atomic mass is 79.9. The first-order valence-electron chi connectivity index (χ1n) is 13.0. The van der Waals surface area contributed by atoms with Crippen LogP contribution in [0.3, 0.4) is 0 Å². The van der Waals surface area contributed by atoms with Gasteiger partial charge in [-0.05, 0) is 75.9 Å². The van der Waals surface area contributed by atoms with E-state index >= 15 is 0 Å². The van der Waals surface area contributed by atoms with Crippen molar-refractivity contribution in [3.05, 3.63) is 96.7 Å². The molecule has 0 N–H and O–H groups in total. The van der Waals surface area contributed by atoms with Crippen LogP contribution in [0, 0.1) is 5.82 Å². The molecule has 0 bridgehead atoms. The number of ether oxygens (including phenoxy) is 2. The number of benzene rings is 3. The van der Waals surface area contributed by atoms with Gasteiger partial charge in [-0.1, -0.05) is 49.6 Å². The number of hydrogen-bond acceptors (Lipinski definition) is 5. The smallest absolute Gasteiger partial charge is 0.282 e. The van der Waals surface area contributed by atoms with Crippen molar-refractivity contribution in [1.82, 2.24) is 9.66 Å². The summed E-state index contributed by atoms with van der Waals surface area (Å²) in [6.07, 6.45) is 7.02. The average Bonchev–Trinajstić information content (AvgIpc) is 2.96. The SMILES string of the molecule is CCOc1cc(C=Nn2c(C3CCCCC3)nc3ccccc3c2=O)c(Br)c(Br)c1OCc1ccccc1F. The van der Waals surface area contributed by atoms with Gasteiger partial charge in [0.2, 0.25) is 0 Å². The van der Waals surface area contributed by atoms with Crippen molar-refractivity contribution in [2.45, 2.75) is 51.6 Å². The zero-order chi connectivity index (χ0) is 27.4. The number of aromatic nitrogens is 2. The zero-order valence-electron chi connectivity index (χ0n) is 21.5. The molecule has 0 spiro atoms. The van der Waals surface area contributed by atoms with Crippen molar-refractivity contribution >= 4 is 49.0 Å². The molecule has 1 aromatic heterocycles. The molecule has 9 heteroatoms. The molecule has 1 aliphatic rings. The molecule has 6 nitrogen and oxygen atoms in total. The second kappa shape index (κ2) is 12.4. The Kier molecular flexibility index (Phi) is 8.77. The highest BCUT2D eigenvalue weighted by Crippen LogP contribution is 2.43. The minimum atomic E-state index is -0.336. The second-order valence-corrected chi connectivity index (χ2v) is 11.0. The Labute approximate surface area is 243 Å². The van der Waals surface area contributed by atoms with Crippen LogP contribution in [-0.2, 0) is 6.61 Å². The lowest BCUT2D eigenvalue weighted by Gasteiger charge is -2.22. The molecule has 1 fully saturated rings. The van der Waals surface area contributed by atoms with Gasteiger partial charge in [0.15, 0.2) is 11.5 Å². The Morgan fingerprint density at radius 2 is 1.79 bits per heavy atom. The molecule has 202 valence electrons. The summed E-state index contributed by atoms with van der Waals surface area (Å²) in [5.74, 6) is 1.45. The lowest BCUT2D eigenvalue weighted by Crippen LogP contribution is -2.25. The fraction of sp³-hybridized carbons (Fsp3) is 0.300. The predicted molar refractivity (Wildman–Crippen MR) is 159 cm³/mol. The Morgan fingerprint density at radius 3 is 2.56 bits per heavy atom. The van der Waals surface area contributed by atoms with Crippen LogP contribution in [0.15, 0.2) is 73.4 Å². The first kappa shape index (κ1) is 27.5. The maximum absolute atomic E-state index is 14.2. The molecule has 0 aliphatic heterocycles. The van der Waals surface area contributed by atoms with E-state index in [4.69, 9.17) is 14.5 Å². The van der Waals surface area contributed by atoms with E-state index in [1.54, 1.807) is 36.5 Å². The van der Waals surface area contributed by atoms with Crippen molar-refractivity contribution in [1.29, 1.82) is 0 Å². The summed E-state index contributed by atoms with van der Waals surface area (Å²) < 4.78 is 28.7. The van der Waals surface area contributed by atoms with Crippen molar-refractivity contribution in [3.8, 4) is 11.5 Å². The Hall–Kier alpha value is -3.04. The van der Waals surface area contributed by atoms with E-state index in [1.807, 2.05) is 25.1 Å². The van der Waals surface area contributed by atoms with Crippen LogP contribution in [0.1, 0.15) is 61.9 Å². The Balaban J connectivity index is 1.54. The third-order valence-corrected chi connectivity index (χ3v) is 8.99. The molecule has 39 heavy (non-hydrogen) atoms. The largest absolute Gasteiger partial charge is 0.490 e. The first-order valence-corrected chi connectivity index (χ1v) is 14.6. The fourth-order valence-corrected chi connectivity index (χ4v) is 5.79. The van der Waals surface area contributed by atoms with E-state index in [-0.39, 0.29) is 23.9 Å². The first-order chi connectivity index (χ1) is 19.0. The van der Waals surface area contributed by atoms with E-state index in [0.717, 1.165) is 25.7 Å². The lowest BCUT2D eigenvalue weighted by atomic mass is 9.88. The van der Waals surface area contributed by atoms with Gasteiger partial charge < -0.3 is 9.47 Å². The van der Waals surface area contributed by atoms with Gasteiger partial charge in [-0.3, -0.25) is 4.79 Å². The summed E-state index contributed by atoms with van der Waals surface area (Å²) in [6.45, 7) is 2.32. The molecule has 4 aromatic rings. The third kappa shape index (κ3) is 5.94. The van der Waals surface area contributed by atoms with Gasteiger partial charge in [-0.25, -0.2) is 9.37 Å². The van der Waals surface area contributed by atoms with Crippen LogP contribution in [0.4, 0.5) is 4.39 Å². The number of para-hydroxylation sites is 1. The zero-order valence-corrected chi connectivity index (χ0v) is 24.7. The van der Waals surface area contributed by atoms with E-state index in [0.29, 0.717) is 54.9 Å². The van der Waals surface area contributed by atoms with Crippen LogP contribution in [-0.4, -0.2) is 22.5 Å². The minimum absolute atomic E-state index is 0.0358. The standard InChI is InChI=1S/C30H28Br2FN3O3/c1-2-38-25-16-21(26(31)27(32)28(25)39-18-20-12-6-8-14-23(20)33)17-34-36-29(19-10-4-3-5-11-19)35-24-15-9-7-13-22(24)30(36)37/h6-9,12-17,19H,2-5,10-11,18H2,1H3. The normalized spacial score (nSPS) is 14.3. The van der Waals surface area contributed by atoms with Gasteiger partial charge in [0, 0.05) is 21.5 Å². The van der Waals surface area contributed by atoms with Gasteiger partial charge in [0.25, 0.3) is 5.56 Å². The van der Waals surface area contributed by atoms with E-state index in [9.17, 15) is 9.18 Å². The van der Waals surface area contributed by atoms with Crippen LogP contribution < -0.4 is 15.0 Å². The Bertz CT molecular complexity index is 1580. The quantitative estimate of drug-likeness (QED) is 0.181. The van der Waals surface area contributed by atoms with Gasteiger partial charge in [-0.15, -0.1) is 0 Å². The molecule has 0 amide bonds. The van der Waals surface area contributed by atoms with Gasteiger partial charge >= 0.3 is 0 Å². The third-order valence-electron chi connectivity index (χ3n) is 6.85. The van der Waals surface area contributed by atoms with E-state index < -0.39 is 0 Å². The average molecular weight is 657 g/mol. The summed E-state index contributed by atoms with van der Waals surface area (Å²) in [4.78, 5) is 18.4. The summed E-state index contributed by atoms with van der Waals surface area (Å²) in [6, 6.07) is 15.7. The molecule has 1 aliphatic carbocycles. The summed E-state index contributed by atoms with van der Waals surface area (Å²) in [5, 5.41) is 5.19. The van der Waals surface area contributed by atoms with Crippen molar-refractivity contribution in [3.63, 3.8) is 0 Å². The number of halogens is 3. The number of nitrogens with zero attached hydrogens (tertiary/aromatic N) is 3. The summed E-state index contributed by atoms with van der Waals surface area (Å²) in [5.41, 5.74) is 1.61. The van der Waals surface area contributed by atoms with Crippen LogP contribution in [0.2, 0.25) is 0 Å². The highest BCUT2D eigenvalue weighted by molar-refractivity contribution is 9.13. The molecule has 1 saturated carbocycles. The molecule has 5 rings (SSSR count). The monoisotopic (exact) mass is 655 g/mol. The fourth-order valence-electron chi connectivity index (χ4n) is 4.86. The summed E-state index contributed by atoms with van der Waals surface area (Å²) in [7, 11) is 0. The van der Waals surface area contributed by atoms with E-state index in [2.05, 4.69) is 37.0 Å². The Morgan fingerprint density at radius 1 is 1.05 bits per heavy atom. The molecule has 0 radical (unpaired) electrons. The molecule has 0 unspecified atom stereocenters. The lowest BCUT2D eigenvalue weighted by molar-refractivity contribution is 0.264. The number of hydrogen-bond donors (Lipinski definition) is 0. The molecular formula is C30H28Br2FN3O3. The second-order valence-electron chi connectivity index (χ2n) is 9.42. The minimum Gasteiger partial charge on any atom is -0.490 e. The van der Waals surface area contributed by atoms with Crippen LogP contribution in [0.25, 0.3) is 10.9 Å². The number of rotatable bonds is 8. The van der Waals surface area contributed by atoms with E-state index in [1.165, 1.54) is 17.2 Å². The molecule has 0 saturated heterocycles. The van der Waals surface area contributed by atoms with Crippen LogP contribution in [0.5, 0.6) is 11.5 Å². The topological polar surface area (TPSA) is 65.7 Å². The maximum Gasteiger partial charge on any atom is 0.282 e. The highest BCUT2D eigenvalue weighted by Gasteiger charge is 2.23. The maximum atomic E-state index is 14.2. The van der Waals surface area contributed by atoms with Gasteiger partial charge in [0.1, 0.15) is 18.2 Å². The predicted octanol–water partition coefficient (Wildman–Crippen LogP) is 7.97. The molecule has 3 aromatic carbocycles. The van der Waals surface area contributed by atoms with Crippen molar-refractivity contribution in [2.24, 2.45) is 5.10 Å². The number of fused-ring (bicyclic) bond motifs is 1. The van der Waals surface area contributed by atoms with Crippen LogP contribution >= 0.6 is 31.9 Å². The molecular weight excluding hydrogens is 629 g/mol. The van der Waals surface area contributed by atoms with Gasteiger partial charge in [0.05, 0.1) is 28.2 Å². The van der Waals surface area contributed by atoms with Crippen molar-refractivity contribution < 1.29 is 13.9 Å². The summed E-state index contributed by atoms with van der Waals surface area (Å²) >= 11 is 7.24. The molecule has 1 heterocycles. The van der Waals surface area contributed by atoms with Crippen molar-refractivity contribution in [2.75, 3.05) is 6.61 Å². The van der Waals surface area contributed by atoms with Gasteiger partial charge in [-0.2, -0.15) is 9.78 Å². The molecule has 0 atom stereocenters.